The van der Waals surface area contributed by atoms with E-state index < -0.39 is 12.0 Å². The number of carboxylic acids is 1. The smallest absolute Gasteiger partial charge is 0.320 e. The summed E-state index contributed by atoms with van der Waals surface area (Å²) in [6.45, 7) is 7.82. The number of carboxylic acid groups (broad SMARTS) is 1. The maximum atomic E-state index is 10.5. The zero-order valence-electron chi connectivity index (χ0n) is 7.59. The molecule has 3 heteroatoms. The lowest BCUT2D eigenvalue weighted by atomic mass is 9.78. The van der Waals surface area contributed by atoms with E-state index in [1.807, 2.05) is 27.7 Å². The molecule has 0 heterocycles. The van der Waals surface area contributed by atoms with Crippen LogP contribution < -0.4 is 5.73 Å². The van der Waals surface area contributed by atoms with Gasteiger partial charge in [0.2, 0.25) is 0 Å². The average Bonchev–Trinajstić information content (AvgIpc) is 1.82. The van der Waals surface area contributed by atoms with E-state index in [0.29, 0.717) is 0 Å². The van der Waals surface area contributed by atoms with Gasteiger partial charge in [0.25, 0.3) is 0 Å². The standard InChI is InChI=1S/C8H17NO2/c1-5(8(2,3)4)6(9)7(10)11/h5-6H,9H2,1-4H3,(H,10,11)/t5-,6-/m0/s1. The van der Waals surface area contributed by atoms with Gasteiger partial charge in [0.05, 0.1) is 0 Å². The normalized spacial score (nSPS) is 17.5. The summed E-state index contributed by atoms with van der Waals surface area (Å²) in [6.07, 6.45) is 0. The van der Waals surface area contributed by atoms with Gasteiger partial charge in [-0.25, -0.2) is 0 Å². The van der Waals surface area contributed by atoms with Gasteiger partial charge in [-0.3, -0.25) is 4.79 Å². The van der Waals surface area contributed by atoms with E-state index in [0.717, 1.165) is 0 Å². The number of hydrogen-bond donors (Lipinski definition) is 2. The molecule has 0 aliphatic heterocycles. The van der Waals surface area contributed by atoms with Crippen molar-refractivity contribution in [2.45, 2.75) is 33.7 Å². The lowest BCUT2D eigenvalue weighted by Gasteiger charge is -2.29. The number of nitrogens with two attached hydrogens (primary N) is 1. The minimum Gasteiger partial charge on any atom is -0.480 e. The highest BCUT2D eigenvalue weighted by molar-refractivity contribution is 5.73. The third-order valence-electron chi connectivity index (χ3n) is 2.19. The van der Waals surface area contributed by atoms with Gasteiger partial charge >= 0.3 is 5.97 Å². The fraction of sp³-hybridized carbons (Fsp3) is 0.875. The summed E-state index contributed by atoms with van der Waals surface area (Å²) in [7, 11) is 0. The second-order valence-electron chi connectivity index (χ2n) is 4.02. The van der Waals surface area contributed by atoms with Gasteiger partial charge in [-0.15, -0.1) is 0 Å². The first kappa shape index (κ1) is 10.4. The molecule has 0 aliphatic rings. The predicted octanol–water partition coefficient (Wildman–Crippen LogP) is 1.08. The predicted molar refractivity (Wildman–Crippen MR) is 44.2 cm³/mol. The Bertz CT molecular complexity index is 149. The van der Waals surface area contributed by atoms with Crippen LogP contribution in [0.5, 0.6) is 0 Å². The van der Waals surface area contributed by atoms with E-state index in [1.165, 1.54) is 0 Å². The monoisotopic (exact) mass is 159 g/mol. The zero-order chi connectivity index (χ0) is 9.23. The minimum atomic E-state index is -0.924. The quantitative estimate of drug-likeness (QED) is 0.633. The molecule has 0 spiro atoms. The van der Waals surface area contributed by atoms with Crippen molar-refractivity contribution in [2.75, 3.05) is 0 Å². The molecule has 0 aromatic rings. The van der Waals surface area contributed by atoms with Crippen LogP contribution in [0, 0.1) is 11.3 Å². The second-order valence-corrected chi connectivity index (χ2v) is 4.02. The van der Waals surface area contributed by atoms with Crippen molar-refractivity contribution >= 4 is 5.97 Å². The van der Waals surface area contributed by atoms with E-state index >= 15 is 0 Å². The summed E-state index contributed by atoms with van der Waals surface area (Å²) < 4.78 is 0. The van der Waals surface area contributed by atoms with Crippen LogP contribution in [0.1, 0.15) is 27.7 Å². The molecular formula is C8H17NO2. The molecule has 0 bridgehead atoms. The van der Waals surface area contributed by atoms with Crippen molar-refractivity contribution in [3.63, 3.8) is 0 Å². The average molecular weight is 159 g/mol. The van der Waals surface area contributed by atoms with Gasteiger partial charge < -0.3 is 10.8 Å². The molecule has 0 fully saturated rings. The van der Waals surface area contributed by atoms with Crippen LogP contribution in [-0.4, -0.2) is 17.1 Å². The van der Waals surface area contributed by atoms with Crippen LogP contribution in [0.25, 0.3) is 0 Å². The lowest BCUT2D eigenvalue weighted by molar-refractivity contribution is -0.140. The van der Waals surface area contributed by atoms with E-state index in [-0.39, 0.29) is 11.3 Å². The summed E-state index contributed by atoms with van der Waals surface area (Å²) in [5.41, 5.74) is 5.40. The first-order valence-electron chi connectivity index (χ1n) is 3.75. The van der Waals surface area contributed by atoms with Gasteiger partial charge in [-0.1, -0.05) is 27.7 Å². The Hall–Kier alpha value is -0.570. The first-order valence-corrected chi connectivity index (χ1v) is 3.75. The molecule has 11 heavy (non-hydrogen) atoms. The second kappa shape index (κ2) is 3.22. The molecule has 0 aromatic carbocycles. The molecule has 0 rings (SSSR count). The summed E-state index contributed by atoms with van der Waals surface area (Å²) in [5, 5.41) is 8.59. The Morgan fingerprint density at radius 3 is 1.91 bits per heavy atom. The Balaban J connectivity index is 4.25. The fourth-order valence-electron chi connectivity index (χ4n) is 0.753. The third-order valence-corrected chi connectivity index (χ3v) is 2.19. The summed E-state index contributed by atoms with van der Waals surface area (Å²) in [6, 6.07) is -0.755. The first-order chi connectivity index (χ1) is 4.76. The van der Waals surface area contributed by atoms with Crippen molar-refractivity contribution in [2.24, 2.45) is 17.1 Å². The van der Waals surface area contributed by atoms with Crippen LogP contribution in [-0.2, 0) is 4.79 Å². The fourth-order valence-corrected chi connectivity index (χ4v) is 0.753. The van der Waals surface area contributed by atoms with Crippen LogP contribution in [0.2, 0.25) is 0 Å². The van der Waals surface area contributed by atoms with Crippen LogP contribution >= 0.6 is 0 Å². The molecule has 3 nitrogen and oxygen atoms in total. The largest absolute Gasteiger partial charge is 0.480 e. The SMILES string of the molecule is C[C@@H]([C@H](N)C(=O)O)C(C)(C)C. The molecular weight excluding hydrogens is 142 g/mol. The molecule has 0 saturated heterocycles. The van der Waals surface area contributed by atoms with Crippen molar-refractivity contribution in [1.29, 1.82) is 0 Å². The van der Waals surface area contributed by atoms with E-state index in [4.69, 9.17) is 10.8 Å². The summed E-state index contributed by atoms with van der Waals surface area (Å²) in [4.78, 5) is 10.5. The topological polar surface area (TPSA) is 63.3 Å². The van der Waals surface area contributed by atoms with Gasteiger partial charge in [-0.2, -0.15) is 0 Å². The minimum absolute atomic E-state index is 0.0139. The summed E-state index contributed by atoms with van der Waals surface area (Å²) >= 11 is 0. The molecule has 0 saturated carbocycles. The number of rotatable bonds is 2. The highest BCUT2D eigenvalue weighted by Crippen LogP contribution is 2.27. The Kier molecular flexibility index (Phi) is 3.05. The number of aliphatic carboxylic acids is 1. The van der Waals surface area contributed by atoms with Crippen molar-refractivity contribution in [3.8, 4) is 0 Å². The number of carbonyl (C=O) groups is 1. The van der Waals surface area contributed by atoms with Crippen molar-refractivity contribution in [1.82, 2.24) is 0 Å². The zero-order valence-corrected chi connectivity index (χ0v) is 7.59. The van der Waals surface area contributed by atoms with E-state index in [1.54, 1.807) is 0 Å². The highest BCUT2D eigenvalue weighted by Gasteiger charge is 2.29. The highest BCUT2D eigenvalue weighted by atomic mass is 16.4. The maximum absolute atomic E-state index is 10.5. The summed E-state index contributed by atoms with van der Waals surface area (Å²) in [5.74, 6) is -0.938. The van der Waals surface area contributed by atoms with Crippen molar-refractivity contribution < 1.29 is 9.90 Å². The van der Waals surface area contributed by atoms with E-state index in [2.05, 4.69) is 0 Å². The van der Waals surface area contributed by atoms with E-state index in [9.17, 15) is 4.79 Å². The Morgan fingerprint density at radius 1 is 1.45 bits per heavy atom. The molecule has 0 aromatic heterocycles. The molecule has 0 aliphatic carbocycles. The molecule has 0 unspecified atom stereocenters. The molecule has 2 atom stereocenters. The van der Waals surface area contributed by atoms with Gasteiger partial charge in [0, 0.05) is 0 Å². The molecule has 0 amide bonds. The van der Waals surface area contributed by atoms with Gasteiger partial charge in [0.1, 0.15) is 6.04 Å². The lowest BCUT2D eigenvalue weighted by Crippen LogP contribution is -2.42. The third kappa shape index (κ3) is 2.89. The van der Waals surface area contributed by atoms with Crippen molar-refractivity contribution in [3.05, 3.63) is 0 Å². The Morgan fingerprint density at radius 2 is 1.82 bits per heavy atom. The number of hydrogen-bond acceptors (Lipinski definition) is 2. The molecule has 0 radical (unpaired) electrons. The Labute approximate surface area is 67.6 Å². The van der Waals surface area contributed by atoms with Crippen LogP contribution in [0.4, 0.5) is 0 Å². The van der Waals surface area contributed by atoms with Crippen LogP contribution in [0.3, 0.4) is 0 Å². The molecule has 3 N–H and O–H groups in total. The van der Waals surface area contributed by atoms with Crippen LogP contribution in [0.15, 0.2) is 0 Å². The molecule has 66 valence electrons. The van der Waals surface area contributed by atoms with Gasteiger partial charge in [0.15, 0.2) is 0 Å². The van der Waals surface area contributed by atoms with Gasteiger partial charge in [-0.05, 0) is 11.3 Å². The maximum Gasteiger partial charge on any atom is 0.320 e.